The third kappa shape index (κ3) is 2.30. The molecule has 0 bridgehead atoms. The van der Waals surface area contributed by atoms with E-state index in [1.807, 2.05) is 0 Å². The Kier molecular flexibility index (Phi) is 3.48. The SMILES string of the molecule is O=C(O)c1cc(Br)nc(C(F)F)c1[N+](=O)[O-]. The molecule has 1 heterocycles. The second kappa shape index (κ2) is 4.47. The van der Waals surface area contributed by atoms with E-state index in [0.717, 1.165) is 6.07 Å². The van der Waals surface area contributed by atoms with E-state index in [4.69, 9.17) is 5.11 Å². The van der Waals surface area contributed by atoms with E-state index in [-0.39, 0.29) is 4.60 Å². The lowest BCUT2D eigenvalue weighted by Gasteiger charge is -2.04. The highest BCUT2D eigenvalue weighted by Crippen LogP contribution is 2.32. The lowest BCUT2D eigenvalue weighted by molar-refractivity contribution is -0.387. The second-order valence-electron chi connectivity index (χ2n) is 2.59. The molecule has 0 spiro atoms. The van der Waals surface area contributed by atoms with Gasteiger partial charge < -0.3 is 5.11 Å². The van der Waals surface area contributed by atoms with Crippen LogP contribution < -0.4 is 0 Å². The quantitative estimate of drug-likeness (QED) is 0.525. The summed E-state index contributed by atoms with van der Waals surface area (Å²) in [5.74, 6) is -1.67. The van der Waals surface area contributed by atoms with Crippen molar-refractivity contribution in [2.24, 2.45) is 0 Å². The number of aromatic nitrogens is 1. The van der Waals surface area contributed by atoms with Gasteiger partial charge in [0.25, 0.3) is 6.43 Å². The maximum absolute atomic E-state index is 12.4. The maximum atomic E-state index is 12.4. The number of hydrogen-bond acceptors (Lipinski definition) is 4. The minimum Gasteiger partial charge on any atom is -0.477 e. The molecule has 16 heavy (non-hydrogen) atoms. The Morgan fingerprint density at radius 2 is 2.19 bits per heavy atom. The van der Waals surface area contributed by atoms with Crippen molar-refractivity contribution in [1.29, 1.82) is 0 Å². The zero-order valence-electron chi connectivity index (χ0n) is 7.35. The van der Waals surface area contributed by atoms with Crippen LogP contribution in [0.2, 0.25) is 0 Å². The Bertz CT molecular complexity index is 466. The highest BCUT2D eigenvalue weighted by atomic mass is 79.9. The number of halogens is 3. The largest absolute Gasteiger partial charge is 0.477 e. The molecule has 9 heteroatoms. The van der Waals surface area contributed by atoms with Crippen molar-refractivity contribution >= 4 is 27.6 Å². The first kappa shape index (κ1) is 12.4. The van der Waals surface area contributed by atoms with Crippen LogP contribution in [-0.2, 0) is 0 Å². The minimum atomic E-state index is -3.23. The van der Waals surface area contributed by atoms with E-state index < -0.39 is 34.3 Å². The summed E-state index contributed by atoms with van der Waals surface area (Å²) in [6.45, 7) is 0. The Morgan fingerprint density at radius 3 is 2.56 bits per heavy atom. The molecule has 0 saturated carbocycles. The van der Waals surface area contributed by atoms with Gasteiger partial charge in [-0.25, -0.2) is 18.6 Å². The first-order valence-electron chi connectivity index (χ1n) is 3.71. The van der Waals surface area contributed by atoms with Gasteiger partial charge in [0.15, 0.2) is 5.69 Å². The molecule has 0 unspecified atom stereocenters. The Hall–Kier alpha value is -1.64. The average molecular weight is 297 g/mol. The summed E-state index contributed by atoms with van der Waals surface area (Å²) in [6, 6.07) is 0.798. The monoisotopic (exact) mass is 296 g/mol. The van der Waals surface area contributed by atoms with Crippen LogP contribution in [0.25, 0.3) is 0 Å². The minimum absolute atomic E-state index is 0.203. The van der Waals surface area contributed by atoms with Crippen molar-refractivity contribution in [2.45, 2.75) is 6.43 Å². The molecular formula is C7H3BrF2N2O4. The average Bonchev–Trinajstić information content (AvgIpc) is 2.15. The van der Waals surface area contributed by atoms with Gasteiger partial charge in [0.2, 0.25) is 0 Å². The fraction of sp³-hybridized carbons (Fsp3) is 0.143. The molecule has 0 radical (unpaired) electrons. The van der Waals surface area contributed by atoms with E-state index in [9.17, 15) is 23.7 Å². The summed E-state index contributed by atoms with van der Waals surface area (Å²) in [5, 5.41) is 19.2. The molecular weight excluding hydrogens is 294 g/mol. The van der Waals surface area contributed by atoms with E-state index in [1.165, 1.54) is 0 Å². The predicted octanol–water partition coefficient (Wildman–Crippen LogP) is 2.39. The van der Waals surface area contributed by atoms with Crippen molar-refractivity contribution in [3.63, 3.8) is 0 Å². The van der Waals surface area contributed by atoms with Gasteiger partial charge in [0.1, 0.15) is 10.2 Å². The summed E-state index contributed by atoms with van der Waals surface area (Å²) in [6.07, 6.45) is -3.23. The Balaban J connectivity index is 3.60. The number of rotatable bonds is 3. The van der Waals surface area contributed by atoms with Gasteiger partial charge >= 0.3 is 11.7 Å². The van der Waals surface area contributed by atoms with E-state index >= 15 is 0 Å². The number of carboxylic acids is 1. The van der Waals surface area contributed by atoms with Crippen LogP contribution in [0.5, 0.6) is 0 Å². The number of carbonyl (C=O) groups is 1. The van der Waals surface area contributed by atoms with Crippen molar-refractivity contribution in [3.05, 3.63) is 32.0 Å². The number of nitrogens with zero attached hydrogens (tertiary/aromatic N) is 2. The molecule has 0 aromatic carbocycles. The first-order chi connectivity index (χ1) is 7.34. The predicted molar refractivity (Wildman–Crippen MR) is 50.5 cm³/mol. The second-order valence-corrected chi connectivity index (χ2v) is 3.40. The molecule has 1 N–H and O–H groups in total. The molecule has 0 aliphatic heterocycles. The summed E-state index contributed by atoms with van der Waals surface area (Å²) in [5.41, 5.74) is -3.19. The van der Waals surface area contributed by atoms with E-state index in [2.05, 4.69) is 20.9 Å². The van der Waals surface area contributed by atoms with Crippen LogP contribution in [0.3, 0.4) is 0 Å². The fourth-order valence-corrected chi connectivity index (χ4v) is 1.45. The summed E-state index contributed by atoms with van der Waals surface area (Å²) in [7, 11) is 0. The molecule has 1 rings (SSSR count). The summed E-state index contributed by atoms with van der Waals surface area (Å²) >= 11 is 2.70. The molecule has 1 aromatic rings. The number of carboxylic acid groups (broad SMARTS) is 1. The van der Waals surface area contributed by atoms with Crippen LogP contribution in [0.1, 0.15) is 22.5 Å². The third-order valence-electron chi connectivity index (χ3n) is 1.61. The first-order valence-corrected chi connectivity index (χ1v) is 4.50. The topological polar surface area (TPSA) is 93.3 Å². The van der Waals surface area contributed by atoms with Crippen LogP contribution in [0.4, 0.5) is 14.5 Å². The smallest absolute Gasteiger partial charge is 0.342 e. The van der Waals surface area contributed by atoms with Crippen molar-refractivity contribution < 1.29 is 23.6 Å². The van der Waals surface area contributed by atoms with Gasteiger partial charge in [0, 0.05) is 0 Å². The van der Waals surface area contributed by atoms with Crippen LogP contribution in [0, 0.1) is 10.1 Å². The van der Waals surface area contributed by atoms with Crippen molar-refractivity contribution in [2.75, 3.05) is 0 Å². The molecule has 1 aromatic heterocycles. The molecule has 0 fully saturated rings. The summed E-state index contributed by atoms with van der Waals surface area (Å²) in [4.78, 5) is 23.2. The highest BCUT2D eigenvalue weighted by Gasteiger charge is 2.31. The molecule has 0 saturated heterocycles. The fourth-order valence-electron chi connectivity index (χ4n) is 1.03. The van der Waals surface area contributed by atoms with Crippen LogP contribution in [-0.4, -0.2) is 21.0 Å². The lowest BCUT2D eigenvalue weighted by Crippen LogP contribution is -2.08. The molecule has 0 aliphatic rings. The highest BCUT2D eigenvalue weighted by molar-refractivity contribution is 9.10. The molecule has 86 valence electrons. The van der Waals surface area contributed by atoms with Gasteiger partial charge in [-0.2, -0.15) is 0 Å². The van der Waals surface area contributed by atoms with E-state index in [1.54, 1.807) is 0 Å². The number of nitro groups is 1. The Morgan fingerprint density at radius 1 is 1.62 bits per heavy atom. The number of hydrogen-bond donors (Lipinski definition) is 1. The zero-order valence-corrected chi connectivity index (χ0v) is 8.94. The number of alkyl halides is 2. The van der Waals surface area contributed by atoms with Gasteiger partial charge in [0.05, 0.1) is 4.92 Å². The van der Waals surface area contributed by atoms with Gasteiger partial charge in [-0.1, -0.05) is 0 Å². The van der Waals surface area contributed by atoms with E-state index in [0.29, 0.717) is 0 Å². The molecule has 6 nitrogen and oxygen atoms in total. The normalized spacial score (nSPS) is 10.5. The standard InChI is InChI=1S/C7H3BrF2N2O4/c8-3-1-2(7(13)14)5(12(15)16)4(11-3)6(9)10/h1,6H,(H,13,14). The van der Waals surface area contributed by atoms with Gasteiger partial charge in [-0.15, -0.1) is 0 Å². The van der Waals surface area contributed by atoms with Crippen molar-refractivity contribution in [1.82, 2.24) is 4.98 Å². The van der Waals surface area contributed by atoms with Crippen LogP contribution >= 0.6 is 15.9 Å². The van der Waals surface area contributed by atoms with Gasteiger partial charge in [-0.3, -0.25) is 10.1 Å². The molecule has 0 aliphatic carbocycles. The molecule has 0 atom stereocenters. The number of aromatic carboxylic acids is 1. The number of pyridine rings is 1. The molecule has 0 amide bonds. The van der Waals surface area contributed by atoms with Gasteiger partial charge in [-0.05, 0) is 22.0 Å². The zero-order chi connectivity index (χ0) is 12.5. The maximum Gasteiger partial charge on any atom is 0.342 e. The third-order valence-corrected chi connectivity index (χ3v) is 2.01. The summed E-state index contributed by atoms with van der Waals surface area (Å²) < 4.78 is 24.7. The van der Waals surface area contributed by atoms with Crippen LogP contribution in [0.15, 0.2) is 10.7 Å². The Labute approximate surface area is 95.2 Å². The lowest BCUT2D eigenvalue weighted by atomic mass is 10.2. The van der Waals surface area contributed by atoms with Crippen molar-refractivity contribution in [3.8, 4) is 0 Å².